The number of nitrogens with one attached hydrogen (secondary N) is 1. The number of hydrogen-bond donors (Lipinski definition) is 1. The Morgan fingerprint density at radius 3 is 2.62 bits per heavy atom. The Hall–Kier alpha value is -1.89. The van der Waals surface area contributed by atoms with Crippen LogP contribution in [0.15, 0.2) is 24.3 Å². The highest BCUT2D eigenvalue weighted by atomic mass is 32.2. The number of carbonyl (C=O) groups is 2. The van der Waals surface area contributed by atoms with E-state index in [1.807, 2.05) is 12.1 Å². The second-order valence-corrected chi connectivity index (χ2v) is 7.62. The average molecular weight is 310 g/mol. The van der Waals surface area contributed by atoms with Crippen molar-refractivity contribution < 1.29 is 18.0 Å². The maximum atomic E-state index is 12.4. The monoisotopic (exact) mass is 310 g/mol. The maximum absolute atomic E-state index is 12.4. The first-order valence-electron chi connectivity index (χ1n) is 6.60. The zero-order valence-corrected chi connectivity index (χ0v) is 13.0. The first-order valence-corrected chi connectivity index (χ1v) is 8.55. The van der Waals surface area contributed by atoms with Gasteiger partial charge in [-0.05, 0) is 25.5 Å². The van der Waals surface area contributed by atoms with Crippen LogP contribution in [-0.4, -0.2) is 43.2 Å². The number of carbonyl (C=O) groups excluding carboxylic acids is 2. The molecule has 1 N–H and O–H groups in total. The third-order valence-electron chi connectivity index (χ3n) is 3.74. The summed E-state index contributed by atoms with van der Waals surface area (Å²) in [4.78, 5) is 25.7. The molecule has 0 radical (unpaired) electrons. The second kappa shape index (κ2) is 5.48. The quantitative estimate of drug-likeness (QED) is 0.882. The Bertz CT molecular complexity index is 684. The molecule has 0 aromatic heterocycles. The van der Waals surface area contributed by atoms with E-state index in [2.05, 4.69) is 5.32 Å². The van der Waals surface area contributed by atoms with Crippen LogP contribution in [0, 0.1) is 0 Å². The molecule has 1 heterocycles. The van der Waals surface area contributed by atoms with Crippen LogP contribution < -0.4 is 5.32 Å². The van der Waals surface area contributed by atoms with Crippen molar-refractivity contribution in [1.29, 1.82) is 0 Å². The second-order valence-electron chi connectivity index (χ2n) is 5.25. The zero-order valence-electron chi connectivity index (χ0n) is 12.2. The Kier molecular flexibility index (Phi) is 4.04. The van der Waals surface area contributed by atoms with Crippen LogP contribution in [0.25, 0.3) is 0 Å². The molecule has 0 saturated heterocycles. The van der Waals surface area contributed by atoms with E-state index >= 15 is 0 Å². The first kappa shape index (κ1) is 15.5. The summed E-state index contributed by atoms with van der Waals surface area (Å²) in [5, 5.41) is 1.56. The van der Waals surface area contributed by atoms with E-state index in [9.17, 15) is 18.0 Å². The van der Waals surface area contributed by atoms with Gasteiger partial charge in [0.2, 0.25) is 11.8 Å². The third kappa shape index (κ3) is 3.07. The first-order chi connectivity index (χ1) is 9.71. The van der Waals surface area contributed by atoms with Crippen LogP contribution in [0.2, 0.25) is 0 Å². The van der Waals surface area contributed by atoms with Gasteiger partial charge in [-0.3, -0.25) is 9.59 Å². The van der Waals surface area contributed by atoms with Gasteiger partial charge in [0.15, 0.2) is 9.84 Å². The Balaban J connectivity index is 2.41. The molecule has 21 heavy (non-hydrogen) atoms. The van der Waals surface area contributed by atoms with Crippen LogP contribution in [0.4, 0.5) is 5.69 Å². The number of rotatable bonds is 2. The highest BCUT2D eigenvalue weighted by molar-refractivity contribution is 7.92. The normalized spacial score (nSPS) is 20.2. The van der Waals surface area contributed by atoms with Gasteiger partial charge < -0.3 is 10.2 Å². The minimum absolute atomic E-state index is 0.158. The molecule has 1 aromatic carbocycles. The molecule has 0 bridgehead atoms. The number of para-hydroxylation sites is 1. The Morgan fingerprint density at radius 1 is 1.38 bits per heavy atom. The van der Waals surface area contributed by atoms with E-state index in [1.54, 1.807) is 19.1 Å². The van der Waals surface area contributed by atoms with Crippen LogP contribution in [0.1, 0.15) is 25.5 Å². The van der Waals surface area contributed by atoms with Crippen LogP contribution >= 0.6 is 0 Å². The van der Waals surface area contributed by atoms with E-state index in [1.165, 1.54) is 11.8 Å². The summed E-state index contributed by atoms with van der Waals surface area (Å²) in [6.07, 6.45) is 1.02. The van der Waals surface area contributed by atoms with Gasteiger partial charge in [0.1, 0.15) is 11.8 Å². The summed E-state index contributed by atoms with van der Waals surface area (Å²) < 4.78 is 23.2. The van der Waals surface area contributed by atoms with Crippen LogP contribution in [0.3, 0.4) is 0 Å². The summed E-state index contributed by atoms with van der Waals surface area (Å²) in [5.74, 6) is -0.891. The van der Waals surface area contributed by atoms with Crippen molar-refractivity contribution >= 4 is 27.3 Å². The van der Waals surface area contributed by atoms with Crippen molar-refractivity contribution in [1.82, 2.24) is 4.90 Å². The number of sulfone groups is 1. The fraction of sp³-hybridized carbons (Fsp3) is 0.429. The minimum Gasteiger partial charge on any atom is -0.325 e. The van der Waals surface area contributed by atoms with Gasteiger partial charge >= 0.3 is 0 Å². The van der Waals surface area contributed by atoms with Gasteiger partial charge in [0, 0.05) is 11.9 Å². The molecule has 0 aliphatic carbocycles. The largest absolute Gasteiger partial charge is 0.325 e. The molecular weight excluding hydrogens is 292 g/mol. The molecule has 2 rings (SSSR count). The molecule has 1 aromatic rings. The van der Waals surface area contributed by atoms with Crippen LogP contribution in [-0.2, 0) is 19.4 Å². The van der Waals surface area contributed by atoms with Gasteiger partial charge in [0.25, 0.3) is 0 Å². The molecule has 0 fully saturated rings. The van der Waals surface area contributed by atoms with Crippen molar-refractivity contribution in [3.05, 3.63) is 29.8 Å². The van der Waals surface area contributed by atoms with Crippen molar-refractivity contribution in [3.63, 3.8) is 0 Å². The number of benzene rings is 1. The lowest BCUT2D eigenvalue weighted by Gasteiger charge is -2.29. The number of fused-ring (bicyclic) bond motifs is 1. The van der Waals surface area contributed by atoms with Crippen molar-refractivity contribution in [2.75, 3.05) is 18.1 Å². The molecule has 2 atom stereocenters. The van der Waals surface area contributed by atoms with E-state index in [-0.39, 0.29) is 18.5 Å². The third-order valence-corrected chi connectivity index (χ3v) is 5.23. The molecule has 6 nitrogen and oxygen atoms in total. The van der Waals surface area contributed by atoms with Gasteiger partial charge in [-0.15, -0.1) is 0 Å². The molecule has 0 spiro atoms. The van der Waals surface area contributed by atoms with Crippen LogP contribution in [0.5, 0.6) is 0 Å². The minimum atomic E-state index is -3.50. The summed E-state index contributed by atoms with van der Waals surface area (Å²) in [6, 6.07) is 6.81. The summed E-state index contributed by atoms with van der Waals surface area (Å²) in [6.45, 7) is 2.97. The van der Waals surface area contributed by atoms with E-state index in [4.69, 9.17) is 0 Å². The lowest BCUT2D eigenvalue weighted by atomic mass is 10.1. The molecular formula is C14H18N2O4S. The van der Waals surface area contributed by atoms with E-state index in [0.717, 1.165) is 11.8 Å². The van der Waals surface area contributed by atoms with Gasteiger partial charge in [-0.1, -0.05) is 18.2 Å². The smallest absolute Gasteiger partial charge is 0.244 e. The molecule has 1 aliphatic heterocycles. The topological polar surface area (TPSA) is 83.6 Å². The number of anilines is 1. The van der Waals surface area contributed by atoms with Crippen molar-refractivity contribution in [3.8, 4) is 0 Å². The lowest BCUT2D eigenvalue weighted by Crippen LogP contribution is -2.44. The van der Waals surface area contributed by atoms with Gasteiger partial charge in [-0.25, -0.2) is 8.42 Å². The van der Waals surface area contributed by atoms with Crippen molar-refractivity contribution in [2.45, 2.75) is 25.1 Å². The summed E-state index contributed by atoms with van der Waals surface area (Å²) >= 11 is 0. The van der Waals surface area contributed by atoms with Gasteiger partial charge in [-0.2, -0.15) is 0 Å². The summed E-state index contributed by atoms with van der Waals surface area (Å²) in [5.41, 5.74) is 1.44. The SMILES string of the molecule is CC1c2ccccc2NC(=O)CN1C(=O)C(C)S(C)(=O)=O. The molecule has 7 heteroatoms. The fourth-order valence-electron chi connectivity index (χ4n) is 2.31. The molecule has 2 amide bonds. The zero-order chi connectivity index (χ0) is 15.8. The highest BCUT2D eigenvalue weighted by Gasteiger charge is 2.35. The van der Waals surface area contributed by atoms with Crippen molar-refractivity contribution in [2.24, 2.45) is 0 Å². The highest BCUT2D eigenvalue weighted by Crippen LogP contribution is 2.30. The Labute approximate surface area is 124 Å². The number of nitrogens with zero attached hydrogens (tertiary/aromatic N) is 1. The molecule has 2 unspecified atom stereocenters. The summed E-state index contributed by atoms with van der Waals surface area (Å²) in [7, 11) is -3.50. The number of amides is 2. The van der Waals surface area contributed by atoms with E-state index in [0.29, 0.717) is 5.69 Å². The molecule has 114 valence electrons. The molecule has 1 aliphatic rings. The average Bonchev–Trinajstić information content (AvgIpc) is 2.53. The predicted octanol–water partition coefficient (Wildman–Crippen LogP) is 0.961. The lowest BCUT2D eigenvalue weighted by molar-refractivity contribution is -0.136. The molecule has 0 saturated carbocycles. The fourth-order valence-corrected chi connectivity index (χ4v) is 2.81. The van der Waals surface area contributed by atoms with Gasteiger partial charge in [0.05, 0.1) is 6.04 Å². The van der Waals surface area contributed by atoms with E-state index < -0.39 is 21.0 Å². The predicted molar refractivity (Wildman–Crippen MR) is 79.5 cm³/mol. The number of hydrogen-bond acceptors (Lipinski definition) is 4. The Morgan fingerprint density at radius 2 is 2.00 bits per heavy atom. The maximum Gasteiger partial charge on any atom is 0.244 e. The standard InChI is InChI=1S/C14H18N2O4S/c1-9-11-6-4-5-7-12(11)15-13(17)8-16(9)14(18)10(2)21(3,19)20/h4-7,9-10H,8H2,1-3H3,(H,15,17).